The molecule has 4 rings (SSSR count). The van der Waals surface area contributed by atoms with Gasteiger partial charge in [-0.3, -0.25) is 14.2 Å². The van der Waals surface area contributed by atoms with Gasteiger partial charge >= 0.3 is 0 Å². The predicted molar refractivity (Wildman–Crippen MR) is 122 cm³/mol. The average Bonchev–Trinajstić information content (AvgIpc) is 3.04. The lowest BCUT2D eigenvalue weighted by atomic mass is 10.2. The standard InChI is InChI=1S/C24H23N3O2S/c1-15-9-11-18(12-10-15)27-16(2)13-20(17(27)3)22(28)14-30-24-25-21-8-6-5-7-19(21)23(29)26(24)4/h5-13H,14H2,1-4H3. The van der Waals surface area contributed by atoms with Gasteiger partial charge in [0.25, 0.3) is 5.56 Å². The van der Waals surface area contributed by atoms with Crippen molar-refractivity contribution >= 4 is 28.4 Å². The Morgan fingerprint density at radius 3 is 2.47 bits per heavy atom. The minimum atomic E-state index is -0.104. The molecule has 0 fully saturated rings. The van der Waals surface area contributed by atoms with E-state index in [1.54, 1.807) is 13.1 Å². The highest BCUT2D eigenvalue weighted by Gasteiger charge is 2.18. The molecule has 2 aromatic heterocycles. The Labute approximate surface area is 179 Å². The van der Waals surface area contributed by atoms with Crippen LogP contribution in [0.3, 0.4) is 0 Å². The van der Waals surface area contributed by atoms with Crippen LogP contribution >= 0.6 is 11.8 Å². The highest BCUT2D eigenvalue weighted by molar-refractivity contribution is 7.99. The van der Waals surface area contributed by atoms with Crippen molar-refractivity contribution in [2.45, 2.75) is 25.9 Å². The van der Waals surface area contributed by atoms with Crippen LogP contribution in [0.25, 0.3) is 16.6 Å². The van der Waals surface area contributed by atoms with Gasteiger partial charge in [-0.25, -0.2) is 4.98 Å². The van der Waals surface area contributed by atoms with Gasteiger partial charge in [0.15, 0.2) is 10.9 Å². The summed E-state index contributed by atoms with van der Waals surface area (Å²) >= 11 is 1.29. The normalized spacial score (nSPS) is 11.2. The Morgan fingerprint density at radius 2 is 1.73 bits per heavy atom. The largest absolute Gasteiger partial charge is 0.318 e. The highest BCUT2D eigenvalue weighted by atomic mass is 32.2. The summed E-state index contributed by atoms with van der Waals surface area (Å²) in [5, 5.41) is 1.12. The number of benzene rings is 2. The molecule has 0 aliphatic carbocycles. The molecular formula is C24H23N3O2S. The number of nitrogens with zero attached hydrogens (tertiary/aromatic N) is 3. The number of carbonyl (C=O) groups excluding carboxylic acids is 1. The maximum atomic E-state index is 13.0. The molecule has 0 radical (unpaired) electrons. The number of para-hydroxylation sites is 1. The Bertz CT molecular complexity index is 1320. The smallest absolute Gasteiger partial charge is 0.261 e. The van der Waals surface area contributed by atoms with Crippen LogP contribution in [0.1, 0.15) is 27.3 Å². The van der Waals surface area contributed by atoms with Crippen molar-refractivity contribution < 1.29 is 4.79 Å². The summed E-state index contributed by atoms with van der Waals surface area (Å²) in [4.78, 5) is 30.1. The predicted octanol–water partition coefficient (Wildman–Crippen LogP) is 4.62. The summed E-state index contributed by atoms with van der Waals surface area (Å²) in [6.45, 7) is 6.03. The summed E-state index contributed by atoms with van der Waals surface area (Å²) in [6.07, 6.45) is 0. The number of ketones is 1. The number of fused-ring (bicyclic) bond motifs is 1. The van der Waals surface area contributed by atoms with E-state index in [1.165, 1.54) is 21.9 Å². The second-order valence-corrected chi connectivity index (χ2v) is 8.39. The lowest BCUT2D eigenvalue weighted by molar-refractivity contribution is 0.102. The molecule has 0 amide bonds. The molecule has 6 heteroatoms. The quantitative estimate of drug-likeness (QED) is 0.270. The molecule has 0 bridgehead atoms. The van der Waals surface area contributed by atoms with Gasteiger partial charge in [-0.05, 0) is 51.1 Å². The Morgan fingerprint density at radius 1 is 1.03 bits per heavy atom. The van der Waals surface area contributed by atoms with E-state index < -0.39 is 0 Å². The number of rotatable bonds is 5. The van der Waals surface area contributed by atoms with E-state index in [0.717, 1.165) is 17.1 Å². The molecule has 5 nitrogen and oxygen atoms in total. The molecular weight excluding hydrogens is 394 g/mol. The zero-order chi connectivity index (χ0) is 21.4. The molecule has 0 unspecified atom stereocenters. The minimum Gasteiger partial charge on any atom is -0.318 e. The zero-order valence-electron chi connectivity index (χ0n) is 17.5. The third-order valence-corrected chi connectivity index (χ3v) is 6.33. The number of hydrogen-bond acceptors (Lipinski definition) is 4. The van der Waals surface area contributed by atoms with E-state index in [-0.39, 0.29) is 17.1 Å². The van der Waals surface area contributed by atoms with Crippen LogP contribution in [0.5, 0.6) is 0 Å². The molecule has 0 saturated carbocycles. The van der Waals surface area contributed by atoms with Gasteiger partial charge in [0, 0.05) is 29.7 Å². The highest BCUT2D eigenvalue weighted by Crippen LogP contribution is 2.24. The average molecular weight is 418 g/mol. The first-order chi connectivity index (χ1) is 14.4. The summed E-state index contributed by atoms with van der Waals surface area (Å²) in [6, 6.07) is 17.5. The van der Waals surface area contributed by atoms with Gasteiger partial charge in [0.05, 0.1) is 16.7 Å². The molecule has 4 aromatic rings. The molecule has 2 aromatic carbocycles. The second-order valence-electron chi connectivity index (χ2n) is 7.44. The van der Waals surface area contributed by atoms with Crippen LogP contribution in [0.15, 0.2) is 64.5 Å². The fraction of sp³-hybridized carbons (Fsp3) is 0.208. The third kappa shape index (κ3) is 3.59. The Kier molecular flexibility index (Phi) is 5.35. The fourth-order valence-electron chi connectivity index (χ4n) is 3.67. The SMILES string of the molecule is Cc1ccc(-n2c(C)cc(C(=O)CSc3nc4ccccc4c(=O)n3C)c2C)cc1. The van der Waals surface area contributed by atoms with Crippen LogP contribution in [0, 0.1) is 20.8 Å². The minimum absolute atomic E-state index is 0.0221. The summed E-state index contributed by atoms with van der Waals surface area (Å²) in [7, 11) is 1.69. The maximum absolute atomic E-state index is 13.0. The van der Waals surface area contributed by atoms with Gasteiger partial charge < -0.3 is 4.57 Å². The van der Waals surface area contributed by atoms with Crippen molar-refractivity contribution in [3.63, 3.8) is 0 Å². The lowest BCUT2D eigenvalue weighted by Crippen LogP contribution is -2.20. The van der Waals surface area contributed by atoms with Crippen molar-refractivity contribution in [2.24, 2.45) is 7.05 Å². The van der Waals surface area contributed by atoms with E-state index >= 15 is 0 Å². The molecule has 2 heterocycles. The zero-order valence-corrected chi connectivity index (χ0v) is 18.3. The van der Waals surface area contributed by atoms with Gasteiger partial charge in [0.2, 0.25) is 0 Å². The first-order valence-electron chi connectivity index (χ1n) is 9.74. The molecule has 0 atom stereocenters. The van der Waals surface area contributed by atoms with Crippen molar-refractivity contribution in [3.8, 4) is 5.69 Å². The number of aromatic nitrogens is 3. The number of carbonyl (C=O) groups is 1. The molecule has 0 aliphatic rings. The molecule has 152 valence electrons. The molecule has 0 saturated heterocycles. The fourth-order valence-corrected chi connectivity index (χ4v) is 4.53. The van der Waals surface area contributed by atoms with Gasteiger partial charge in [-0.2, -0.15) is 0 Å². The van der Waals surface area contributed by atoms with Crippen LogP contribution in [-0.4, -0.2) is 25.7 Å². The molecule has 0 spiro atoms. The third-order valence-electron chi connectivity index (χ3n) is 5.30. The molecule has 30 heavy (non-hydrogen) atoms. The molecule has 0 N–H and O–H groups in total. The Balaban J connectivity index is 1.60. The van der Waals surface area contributed by atoms with Crippen molar-refractivity contribution in [1.29, 1.82) is 0 Å². The van der Waals surface area contributed by atoms with Gasteiger partial charge in [-0.1, -0.05) is 41.6 Å². The first kappa shape index (κ1) is 20.2. The van der Waals surface area contributed by atoms with Crippen molar-refractivity contribution in [3.05, 3.63) is 87.5 Å². The van der Waals surface area contributed by atoms with Crippen LogP contribution in [0.4, 0.5) is 0 Å². The summed E-state index contributed by atoms with van der Waals surface area (Å²) < 4.78 is 3.61. The maximum Gasteiger partial charge on any atom is 0.261 e. The monoisotopic (exact) mass is 417 g/mol. The van der Waals surface area contributed by atoms with E-state index in [4.69, 9.17) is 0 Å². The van der Waals surface area contributed by atoms with E-state index in [0.29, 0.717) is 21.6 Å². The summed E-state index contributed by atoms with van der Waals surface area (Å²) in [5.74, 6) is 0.241. The first-order valence-corrected chi connectivity index (χ1v) is 10.7. The van der Waals surface area contributed by atoms with Crippen LogP contribution < -0.4 is 5.56 Å². The van der Waals surface area contributed by atoms with Gasteiger partial charge in [-0.15, -0.1) is 0 Å². The number of Topliss-reactive ketones (excluding diaryl/α,β-unsaturated/α-hetero) is 1. The lowest BCUT2D eigenvalue weighted by Gasteiger charge is -2.10. The Hall–Kier alpha value is -3.12. The van der Waals surface area contributed by atoms with Crippen molar-refractivity contribution in [1.82, 2.24) is 14.1 Å². The number of aryl methyl sites for hydroxylation is 2. The topological polar surface area (TPSA) is 56.9 Å². The van der Waals surface area contributed by atoms with Gasteiger partial charge in [0.1, 0.15) is 0 Å². The van der Waals surface area contributed by atoms with Crippen LogP contribution in [-0.2, 0) is 7.05 Å². The second kappa shape index (κ2) is 7.95. The number of thioether (sulfide) groups is 1. The van der Waals surface area contributed by atoms with Crippen molar-refractivity contribution in [2.75, 3.05) is 5.75 Å². The van der Waals surface area contributed by atoms with E-state index in [1.807, 2.05) is 38.1 Å². The number of hydrogen-bond donors (Lipinski definition) is 0. The van der Waals surface area contributed by atoms with E-state index in [9.17, 15) is 9.59 Å². The van der Waals surface area contributed by atoms with E-state index in [2.05, 4.69) is 40.7 Å². The summed E-state index contributed by atoms with van der Waals surface area (Å²) in [5.41, 5.74) is 5.42. The van der Waals surface area contributed by atoms with Crippen LogP contribution in [0.2, 0.25) is 0 Å². The molecule has 0 aliphatic heterocycles.